The van der Waals surface area contributed by atoms with Crippen LogP contribution in [0.4, 0.5) is 14.5 Å². The number of nitrogens with zero attached hydrogens (tertiary/aromatic N) is 4. The molecular formula is C7H2F2N4O3. The Balaban J connectivity index is 3.47. The molecule has 0 atom stereocenters. The predicted octanol–water partition coefficient (Wildman–Crippen LogP) is 2.32. The van der Waals surface area contributed by atoms with Gasteiger partial charge >= 0.3 is 0 Å². The number of nitro benzene ring substituents is 1. The van der Waals surface area contributed by atoms with Crippen LogP contribution in [0, 0.1) is 21.7 Å². The summed E-state index contributed by atoms with van der Waals surface area (Å²) in [5.41, 5.74) is 6.19. The van der Waals surface area contributed by atoms with E-state index in [1.807, 2.05) is 0 Å². The maximum Gasteiger partial charge on any atom is 0.283 e. The first-order valence-electron chi connectivity index (χ1n) is 3.70. The fraction of sp³-hybridized carbons (Fsp3) is 0. The van der Waals surface area contributed by atoms with Crippen LogP contribution >= 0.6 is 0 Å². The van der Waals surface area contributed by atoms with E-state index in [4.69, 9.17) is 5.53 Å². The van der Waals surface area contributed by atoms with Crippen molar-refractivity contribution in [1.82, 2.24) is 0 Å². The third kappa shape index (κ3) is 2.10. The molecule has 0 heterocycles. The van der Waals surface area contributed by atoms with Gasteiger partial charge in [0, 0.05) is 4.91 Å². The number of benzene rings is 1. The average molecular weight is 228 g/mol. The summed E-state index contributed by atoms with van der Waals surface area (Å²) in [5, 5.41) is 13.0. The molecule has 1 aromatic rings. The first-order valence-corrected chi connectivity index (χ1v) is 3.70. The van der Waals surface area contributed by atoms with Gasteiger partial charge in [0.1, 0.15) is 5.56 Å². The minimum absolute atomic E-state index is 0.245. The SMILES string of the molecule is [N-]=[N+]=NC(=O)c1cc(F)c(F)cc1[N+](=O)[O-]. The Morgan fingerprint density at radius 1 is 1.44 bits per heavy atom. The van der Waals surface area contributed by atoms with Crippen molar-refractivity contribution in [3.05, 3.63) is 49.9 Å². The fourth-order valence-corrected chi connectivity index (χ4v) is 0.953. The van der Waals surface area contributed by atoms with Gasteiger partial charge in [0.15, 0.2) is 11.6 Å². The number of carbonyl (C=O) groups excluding carboxylic acids is 1. The molecule has 1 aromatic carbocycles. The topological polar surface area (TPSA) is 109 Å². The molecule has 1 rings (SSSR count). The van der Waals surface area contributed by atoms with E-state index >= 15 is 0 Å². The highest BCUT2D eigenvalue weighted by Gasteiger charge is 2.22. The van der Waals surface area contributed by atoms with Gasteiger partial charge in [-0.3, -0.25) is 14.9 Å². The van der Waals surface area contributed by atoms with Crippen LogP contribution in [0.15, 0.2) is 17.2 Å². The van der Waals surface area contributed by atoms with E-state index in [9.17, 15) is 23.7 Å². The lowest BCUT2D eigenvalue weighted by atomic mass is 10.1. The molecule has 0 unspecified atom stereocenters. The lowest BCUT2D eigenvalue weighted by Crippen LogP contribution is -2.03. The lowest BCUT2D eigenvalue weighted by Gasteiger charge is -1.99. The number of amides is 1. The van der Waals surface area contributed by atoms with E-state index in [0.29, 0.717) is 6.07 Å². The molecule has 0 aliphatic carbocycles. The Morgan fingerprint density at radius 3 is 2.50 bits per heavy atom. The van der Waals surface area contributed by atoms with Crippen LogP contribution in [0.5, 0.6) is 0 Å². The fourth-order valence-electron chi connectivity index (χ4n) is 0.953. The van der Waals surface area contributed by atoms with E-state index in [1.165, 1.54) is 0 Å². The second kappa shape index (κ2) is 4.32. The molecule has 0 fully saturated rings. The van der Waals surface area contributed by atoms with Crippen LogP contribution in [0.2, 0.25) is 0 Å². The number of halogens is 2. The molecule has 7 nitrogen and oxygen atoms in total. The highest BCUT2D eigenvalue weighted by atomic mass is 19.2. The Hall–Kier alpha value is -2.54. The molecule has 1 amide bonds. The Morgan fingerprint density at radius 2 is 2.00 bits per heavy atom. The van der Waals surface area contributed by atoms with Gasteiger partial charge in [-0.25, -0.2) is 8.78 Å². The standard InChI is InChI=1S/C7H2F2N4O3/c8-4-1-3(7(14)11-12-10)6(13(15)16)2-5(4)9/h1-2H. The van der Waals surface area contributed by atoms with Gasteiger partial charge < -0.3 is 0 Å². The number of hydrogen-bond acceptors (Lipinski definition) is 3. The van der Waals surface area contributed by atoms with Crippen LogP contribution in [0.3, 0.4) is 0 Å². The summed E-state index contributed by atoms with van der Waals surface area (Å²) in [7, 11) is 0. The Labute approximate surface area is 86.1 Å². The lowest BCUT2D eigenvalue weighted by molar-refractivity contribution is -0.385. The van der Waals surface area contributed by atoms with Gasteiger partial charge in [0.2, 0.25) is 0 Å². The number of rotatable bonds is 2. The normalized spacial score (nSPS) is 9.38. The van der Waals surface area contributed by atoms with Crippen molar-refractivity contribution >= 4 is 11.6 Å². The van der Waals surface area contributed by atoms with Gasteiger partial charge in [-0.15, -0.1) is 0 Å². The Bertz CT molecular complexity index is 525. The summed E-state index contributed by atoms with van der Waals surface area (Å²) in [4.78, 5) is 22.5. The largest absolute Gasteiger partial charge is 0.287 e. The van der Waals surface area contributed by atoms with Crippen molar-refractivity contribution in [1.29, 1.82) is 0 Å². The van der Waals surface area contributed by atoms with Gasteiger partial charge in [0.25, 0.3) is 11.6 Å². The molecule has 0 aliphatic heterocycles. The molecule has 16 heavy (non-hydrogen) atoms. The monoisotopic (exact) mass is 228 g/mol. The molecule has 0 N–H and O–H groups in total. The quantitative estimate of drug-likeness (QED) is 0.254. The van der Waals surface area contributed by atoms with E-state index in [2.05, 4.69) is 10.0 Å². The minimum atomic E-state index is -1.47. The highest BCUT2D eigenvalue weighted by Crippen LogP contribution is 2.22. The van der Waals surface area contributed by atoms with Crippen LogP contribution in [0.1, 0.15) is 10.4 Å². The van der Waals surface area contributed by atoms with Crippen LogP contribution in [-0.2, 0) is 0 Å². The van der Waals surface area contributed by atoms with Crippen molar-refractivity contribution in [2.75, 3.05) is 0 Å². The highest BCUT2D eigenvalue weighted by molar-refractivity contribution is 5.98. The Kier molecular flexibility index (Phi) is 3.12. The minimum Gasteiger partial charge on any atom is -0.287 e. The van der Waals surface area contributed by atoms with Crippen LogP contribution in [0.25, 0.3) is 10.4 Å². The number of azide groups is 1. The van der Waals surface area contributed by atoms with Gasteiger partial charge in [-0.2, -0.15) is 0 Å². The van der Waals surface area contributed by atoms with Gasteiger partial charge in [-0.05, 0) is 16.7 Å². The zero-order valence-corrected chi connectivity index (χ0v) is 7.42. The molecular weight excluding hydrogens is 226 g/mol. The molecule has 0 saturated heterocycles. The molecule has 0 spiro atoms. The van der Waals surface area contributed by atoms with E-state index < -0.39 is 33.7 Å². The van der Waals surface area contributed by atoms with Crippen molar-refractivity contribution in [3.8, 4) is 0 Å². The van der Waals surface area contributed by atoms with Gasteiger partial charge in [0.05, 0.1) is 11.0 Å². The molecule has 0 bridgehead atoms. The molecule has 9 heteroatoms. The number of hydrogen-bond donors (Lipinski definition) is 0. The average Bonchev–Trinajstić information content (AvgIpc) is 2.21. The zero-order valence-electron chi connectivity index (χ0n) is 7.42. The first kappa shape index (κ1) is 11.5. The smallest absolute Gasteiger partial charge is 0.283 e. The maximum absolute atomic E-state index is 12.7. The second-order valence-corrected chi connectivity index (χ2v) is 2.54. The molecule has 82 valence electrons. The summed E-state index contributed by atoms with van der Waals surface area (Å²) in [5.74, 6) is -4.26. The van der Waals surface area contributed by atoms with Crippen molar-refractivity contribution in [2.24, 2.45) is 5.11 Å². The third-order valence-electron chi connectivity index (χ3n) is 1.60. The summed E-state index contributed by atoms with van der Waals surface area (Å²) >= 11 is 0. The molecule has 0 aromatic heterocycles. The number of nitro groups is 1. The van der Waals surface area contributed by atoms with E-state index in [0.717, 1.165) is 0 Å². The van der Waals surface area contributed by atoms with Crippen molar-refractivity contribution in [2.45, 2.75) is 0 Å². The summed E-state index contributed by atoms with van der Waals surface area (Å²) in [6.07, 6.45) is 0. The summed E-state index contributed by atoms with van der Waals surface area (Å²) in [6, 6.07) is 0.555. The van der Waals surface area contributed by atoms with Crippen LogP contribution in [-0.4, -0.2) is 10.8 Å². The third-order valence-corrected chi connectivity index (χ3v) is 1.60. The van der Waals surface area contributed by atoms with Crippen LogP contribution < -0.4 is 0 Å². The predicted molar refractivity (Wildman–Crippen MR) is 46.5 cm³/mol. The molecule has 0 radical (unpaired) electrons. The summed E-state index contributed by atoms with van der Waals surface area (Å²) < 4.78 is 25.4. The van der Waals surface area contributed by atoms with E-state index in [-0.39, 0.29) is 6.07 Å². The molecule has 0 saturated carbocycles. The number of carbonyl (C=O) groups is 1. The second-order valence-electron chi connectivity index (χ2n) is 2.54. The zero-order chi connectivity index (χ0) is 12.3. The van der Waals surface area contributed by atoms with E-state index in [1.54, 1.807) is 0 Å². The molecule has 0 aliphatic rings. The summed E-state index contributed by atoms with van der Waals surface area (Å²) in [6.45, 7) is 0. The maximum atomic E-state index is 12.7. The van der Waals surface area contributed by atoms with Crippen molar-refractivity contribution in [3.63, 3.8) is 0 Å². The first-order chi connectivity index (χ1) is 7.47. The van der Waals surface area contributed by atoms with Gasteiger partial charge in [-0.1, -0.05) is 0 Å². The van der Waals surface area contributed by atoms with Crippen molar-refractivity contribution < 1.29 is 18.5 Å².